The lowest BCUT2D eigenvalue weighted by Crippen LogP contribution is -2.21. The molecule has 0 saturated heterocycles. The van der Waals surface area contributed by atoms with E-state index in [2.05, 4.69) is 5.48 Å². The fraction of sp³-hybridized carbons (Fsp3) is 0.133. The maximum Gasteiger partial charge on any atom is 0.151 e. The fourth-order valence-electron chi connectivity index (χ4n) is 1.61. The second-order valence-electron chi connectivity index (χ2n) is 3.95. The lowest BCUT2D eigenvalue weighted by Gasteiger charge is -2.13. The van der Waals surface area contributed by atoms with Crippen molar-refractivity contribution in [2.75, 3.05) is 5.48 Å². The van der Waals surface area contributed by atoms with E-state index in [1.165, 1.54) is 0 Å². The zero-order valence-corrected chi connectivity index (χ0v) is 9.95. The minimum Gasteiger partial charge on any atom is -0.300 e. The Bertz CT molecular complexity index is 470. The highest BCUT2D eigenvalue weighted by molar-refractivity contribution is 5.57. The van der Waals surface area contributed by atoms with Crippen LogP contribution in [0, 0.1) is 0 Å². The van der Waals surface area contributed by atoms with Crippen LogP contribution in [0.1, 0.15) is 5.56 Å². The fourth-order valence-corrected chi connectivity index (χ4v) is 1.61. The number of anilines is 1. The summed E-state index contributed by atoms with van der Waals surface area (Å²) in [5.41, 5.74) is 4.69. The van der Waals surface area contributed by atoms with E-state index in [4.69, 9.17) is 4.84 Å². The van der Waals surface area contributed by atoms with Crippen molar-refractivity contribution in [2.24, 2.45) is 0 Å². The van der Waals surface area contributed by atoms with Crippen LogP contribution in [0.4, 0.5) is 5.69 Å². The maximum atomic E-state index is 11.0. The summed E-state index contributed by atoms with van der Waals surface area (Å²) < 4.78 is 0. The monoisotopic (exact) mass is 241 g/mol. The standard InChI is InChI=1S/C15H15NO2/c17-12-15(11-13-7-3-1-4-8-13)18-16-14-9-5-2-6-10-14/h1-10,12,15-16H,11H2/t15-/m0/s1. The van der Waals surface area contributed by atoms with Gasteiger partial charge in [-0.2, -0.15) is 0 Å². The third kappa shape index (κ3) is 3.71. The Kier molecular flexibility index (Phi) is 4.50. The van der Waals surface area contributed by atoms with Gasteiger partial charge in [0.1, 0.15) is 6.10 Å². The average molecular weight is 241 g/mol. The lowest BCUT2D eigenvalue weighted by molar-refractivity contribution is -0.116. The van der Waals surface area contributed by atoms with Gasteiger partial charge in [0.25, 0.3) is 0 Å². The van der Waals surface area contributed by atoms with Gasteiger partial charge in [-0.05, 0) is 17.7 Å². The van der Waals surface area contributed by atoms with Crippen LogP contribution >= 0.6 is 0 Å². The number of hydrogen-bond acceptors (Lipinski definition) is 3. The Morgan fingerprint density at radius 1 is 1.00 bits per heavy atom. The lowest BCUT2D eigenvalue weighted by atomic mass is 10.1. The molecule has 2 aromatic carbocycles. The van der Waals surface area contributed by atoms with E-state index in [-0.39, 0.29) is 0 Å². The van der Waals surface area contributed by atoms with E-state index < -0.39 is 6.10 Å². The molecular weight excluding hydrogens is 226 g/mol. The summed E-state index contributed by atoms with van der Waals surface area (Å²) in [4.78, 5) is 16.3. The number of nitrogens with one attached hydrogen (secondary N) is 1. The van der Waals surface area contributed by atoms with Crippen molar-refractivity contribution in [1.29, 1.82) is 0 Å². The number of hydrogen-bond donors (Lipinski definition) is 1. The molecule has 3 heteroatoms. The molecule has 0 aromatic heterocycles. The Labute approximate surface area is 106 Å². The number of benzene rings is 2. The second-order valence-corrected chi connectivity index (χ2v) is 3.95. The van der Waals surface area contributed by atoms with E-state index in [1.54, 1.807) is 0 Å². The van der Waals surface area contributed by atoms with Gasteiger partial charge < -0.3 is 4.79 Å². The first-order chi connectivity index (χ1) is 8.88. The summed E-state index contributed by atoms with van der Waals surface area (Å²) in [6, 6.07) is 19.3. The Hall–Kier alpha value is -2.13. The second kappa shape index (κ2) is 6.57. The third-order valence-corrected chi connectivity index (χ3v) is 2.53. The molecule has 0 spiro atoms. The van der Waals surface area contributed by atoms with Crippen LogP contribution in [0.25, 0.3) is 0 Å². The molecule has 1 atom stereocenters. The summed E-state index contributed by atoms with van der Waals surface area (Å²) in [7, 11) is 0. The molecule has 2 rings (SSSR count). The van der Waals surface area contributed by atoms with Gasteiger partial charge in [0.2, 0.25) is 0 Å². The third-order valence-electron chi connectivity index (χ3n) is 2.53. The molecule has 92 valence electrons. The van der Waals surface area contributed by atoms with Gasteiger partial charge in [-0.1, -0.05) is 48.5 Å². The summed E-state index contributed by atoms with van der Waals surface area (Å²) >= 11 is 0. The summed E-state index contributed by atoms with van der Waals surface area (Å²) in [6.45, 7) is 0. The van der Waals surface area contributed by atoms with E-state index in [1.807, 2.05) is 60.7 Å². The van der Waals surface area contributed by atoms with Crippen molar-refractivity contribution in [2.45, 2.75) is 12.5 Å². The smallest absolute Gasteiger partial charge is 0.151 e. The van der Waals surface area contributed by atoms with Crippen LogP contribution in [-0.4, -0.2) is 12.4 Å². The van der Waals surface area contributed by atoms with Crippen LogP contribution in [0.3, 0.4) is 0 Å². The molecule has 0 heterocycles. The van der Waals surface area contributed by atoms with Crippen LogP contribution in [0.15, 0.2) is 60.7 Å². The number of para-hydroxylation sites is 1. The largest absolute Gasteiger partial charge is 0.300 e. The predicted molar refractivity (Wildman–Crippen MR) is 71.1 cm³/mol. The topological polar surface area (TPSA) is 38.3 Å². The number of aldehydes is 1. The molecule has 0 aliphatic rings. The van der Waals surface area contributed by atoms with Gasteiger partial charge in [0.05, 0.1) is 5.69 Å². The quantitative estimate of drug-likeness (QED) is 0.624. The van der Waals surface area contributed by atoms with E-state index in [0.717, 1.165) is 17.5 Å². The van der Waals surface area contributed by atoms with Gasteiger partial charge >= 0.3 is 0 Å². The normalized spacial score (nSPS) is 11.8. The van der Waals surface area contributed by atoms with E-state index in [0.29, 0.717) is 6.42 Å². The van der Waals surface area contributed by atoms with Gasteiger partial charge in [-0.15, -0.1) is 0 Å². The minimum absolute atomic E-state index is 0.493. The molecular formula is C15H15NO2. The van der Waals surface area contributed by atoms with Crippen molar-refractivity contribution in [1.82, 2.24) is 0 Å². The van der Waals surface area contributed by atoms with Gasteiger partial charge in [-0.25, -0.2) is 0 Å². The number of carbonyl (C=O) groups excluding carboxylic acids is 1. The van der Waals surface area contributed by atoms with Crippen LogP contribution in [-0.2, 0) is 16.1 Å². The first-order valence-corrected chi connectivity index (χ1v) is 5.84. The highest BCUT2D eigenvalue weighted by atomic mass is 16.7. The molecule has 0 aliphatic heterocycles. The molecule has 1 N–H and O–H groups in total. The van der Waals surface area contributed by atoms with Crippen molar-refractivity contribution in [3.8, 4) is 0 Å². The predicted octanol–water partition coefficient (Wildman–Crippen LogP) is 2.84. The molecule has 0 aliphatic carbocycles. The summed E-state index contributed by atoms with van der Waals surface area (Å²) in [6.07, 6.45) is 0.875. The Morgan fingerprint density at radius 2 is 1.61 bits per heavy atom. The molecule has 0 fully saturated rings. The van der Waals surface area contributed by atoms with Crippen LogP contribution < -0.4 is 5.48 Å². The summed E-state index contributed by atoms with van der Waals surface area (Å²) in [5, 5.41) is 0. The maximum absolute atomic E-state index is 11.0. The number of carbonyl (C=O) groups is 1. The Balaban J connectivity index is 1.88. The first kappa shape index (κ1) is 12.3. The van der Waals surface area contributed by atoms with Crippen molar-refractivity contribution in [3.05, 3.63) is 66.2 Å². The molecule has 0 bridgehead atoms. The summed E-state index contributed by atoms with van der Waals surface area (Å²) in [5.74, 6) is 0. The average Bonchev–Trinajstić information content (AvgIpc) is 2.45. The van der Waals surface area contributed by atoms with Crippen LogP contribution in [0.2, 0.25) is 0 Å². The zero-order chi connectivity index (χ0) is 12.6. The highest BCUT2D eigenvalue weighted by Gasteiger charge is 2.09. The van der Waals surface area contributed by atoms with Crippen LogP contribution in [0.5, 0.6) is 0 Å². The van der Waals surface area contributed by atoms with Gasteiger partial charge in [-0.3, -0.25) is 10.3 Å². The Morgan fingerprint density at radius 3 is 2.22 bits per heavy atom. The van der Waals surface area contributed by atoms with E-state index >= 15 is 0 Å². The zero-order valence-electron chi connectivity index (χ0n) is 9.95. The van der Waals surface area contributed by atoms with Gasteiger partial charge in [0.15, 0.2) is 6.29 Å². The van der Waals surface area contributed by atoms with Crippen molar-refractivity contribution < 1.29 is 9.63 Å². The van der Waals surface area contributed by atoms with Crippen molar-refractivity contribution in [3.63, 3.8) is 0 Å². The molecule has 18 heavy (non-hydrogen) atoms. The molecule has 0 radical (unpaired) electrons. The van der Waals surface area contributed by atoms with E-state index in [9.17, 15) is 4.79 Å². The van der Waals surface area contributed by atoms with Gasteiger partial charge in [0, 0.05) is 6.42 Å². The highest BCUT2D eigenvalue weighted by Crippen LogP contribution is 2.08. The molecule has 0 saturated carbocycles. The number of rotatable bonds is 6. The molecule has 0 amide bonds. The van der Waals surface area contributed by atoms with Crippen molar-refractivity contribution >= 4 is 12.0 Å². The minimum atomic E-state index is -0.493. The SMILES string of the molecule is O=C[C@H](Cc1ccccc1)ONc1ccccc1. The molecule has 2 aromatic rings. The molecule has 0 unspecified atom stereocenters. The molecule has 3 nitrogen and oxygen atoms in total. The first-order valence-electron chi connectivity index (χ1n) is 5.84.